The van der Waals surface area contributed by atoms with Gasteiger partial charge in [0.05, 0.1) is 54.4 Å². The highest BCUT2D eigenvalue weighted by molar-refractivity contribution is 5.85. The summed E-state index contributed by atoms with van der Waals surface area (Å²) >= 11 is 0. The van der Waals surface area contributed by atoms with Crippen molar-refractivity contribution < 1.29 is 68.6 Å². The van der Waals surface area contributed by atoms with Crippen LogP contribution in [-0.4, -0.2) is 135 Å². The topological polar surface area (TPSA) is 203 Å². The lowest BCUT2D eigenvalue weighted by Crippen LogP contribution is -2.62. The zero-order valence-electron chi connectivity index (χ0n) is 32.9. The van der Waals surface area contributed by atoms with Crippen LogP contribution in [0, 0.1) is 34.5 Å². The minimum atomic E-state index is -1.01. The van der Waals surface area contributed by atoms with Gasteiger partial charge in [0.15, 0.2) is 18.9 Å². The summed E-state index contributed by atoms with van der Waals surface area (Å²) in [6.07, 6.45) is -1.26. The van der Waals surface area contributed by atoms with Crippen LogP contribution in [0.2, 0.25) is 0 Å². The minimum Gasteiger partial charge on any atom is -0.458 e. The minimum absolute atomic E-state index is 0.0203. The fourth-order valence-electron chi connectivity index (χ4n) is 12.9. The van der Waals surface area contributed by atoms with Crippen molar-refractivity contribution in [2.45, 2.75) is 197 Å². The zero-order chi connectivity index (χ0) is 39.2. The van der Waals surface area contributed by atoms with Gasteiger partial charge in [-0.2, -0.15) is 0 Å². The molecule has 0 spiro atoms. The predicted octanol–water partition coefficient (Wildman–Crippen LogP) is 2.22. The van der Waals surface area contributed by atoms with Gasteiger partial charge in [-0.25, -0.2) is 4.79 Å². The second-order valence-electron chi connectivity index (χ2n) is 18.9. The van der Waals surface area contributed by atoms with Crippen molar-refractivity contribution in [2.24, 2.45) is 34.5 Å². The first kappa shape index (κ1) is 40.5. The Balaban J connectivity index is 0.834. The molecule has 0 aromatic rings. The molecule has 55 heavy (non-hydrogen) atoms. The smallest absolute Gasteiger partial charge is 0.331 e. The first-order valence-electron chi connectivity index (χ1n) is 20.9. The first-order chi connectivity index (χ1) is 26.0. The normalized spacial score (nSPS) is 55.5. The second kappa shape index (κ2) is 15.1. The van der Waals surface area contributed by atoms with Gasteiger partial charge in [0.1, 0.15) is 24.9 Å². The molecule has 7 fully saturated rings. The molecule has 4 aliphatic carbocycles. The molecule has 14 nitrogen and oxygen atoms in total. The SMILES string of the molecule is C[C@H]1O[C@@H](O[C@H]2[C@@H](O)CC(O[C@H]3[C@@H](O)C[C@H](O[C@H]4CC[C@@]5(C)C(CCC6C5CC[C@]5(C)[C@@H](C7=CC(=O)OC7)[C@@H](O)C[C@]65O)C4)O[C@@H]3C)O[C@@H]2C)C[C@H](O)[C@@H]1O. The molecule has 0 bridgehead atoms. The quantitative estimate of drug-likeness (QED) is 0.162. The van der Waals surface area contributed by atoms with E-state index in [1.165, 1.54) is 6.08 Å². The third-order valence-corrected chi connectivity index (χ3v) is 15.8. The van der Waals surface area contributed by atoms with E-state index in [0.717, 1.165) is 50.5 Å². The number of aliphatic hydroxyl groups excluding tert-OH is 5. The Morgan fingerprint density at radius 2 is 1.29 bits per heavy atom. The van der Waals surface area contributed by atoms with Crippen LogP contribution >= 0.6 is 0 Å². The Kier molecular flexibility index (Phi) is 11.1. The van der Waals surface area contributed by atoms with Crippen molar-refractivity contribution in [1.29, 1.82) is 0 Å². The van der Waals surface area contributed by atoms with Crippen LogP contribution in [0.1, 0.15) is 105 Å². The Morgan fingerprint density at radius 3 is 1.87 bits per heavy atom. The summed E-state index contributed by atoms with van der Waals surface area (Å²) in [6.45, 7) is 9.98. The van der Waals surface area contributed by atoms with Gasteiger partial charge in [-0.1, -0.05) is 13.8 Å². The number of aliphatic hydroxyl groups is 6. The molecule has 0 amide bonds. The average molecular weight is 781 g/mol. The largest absolute Gasteiger partial charge is 0.458 e. The highest BCUT2D eigenvalue weighted by Crippen LogP contribution is 2.70. The van der Waals surface area contributed by atoms with Crippen LogP contribution in [0.25, 0.3) is 0 Å². The second-order valence-corrected chi connectivity index (χ2v) is 18.9. The first-order valence-corrected chi connectivity index (χ1v) is 20.9. The molecule has 312 valence electrons. The molecule has 8 aliphatic rings. The number of carbonyl (C=O) groups is 1. The van der Waals surface area contributed by atoms with Gasteiger partial charge in [0.2, 0.25) is 0 Å². The molecular formula is C41H64O14. The fourth-order valence-corrected chi connectivity index (χ4v) is 12.9. The molecule has 21 atom stereocenters. The number of rotatable bonds is 7. The third kappa shape index (κ3) is 7.05. The fraction of sp³-hybridized carbons (Fsp3) is 0.927. The van der Waals surface area contributed by atoms with Gasteiger partial charge in [-0.05, 0) is 94.5 Å². The number of esters is 1. The van der Waals surface area contributed by atoms with Crippen LogP contribution in [0.4, 0.5) is 0 Å². The number of cyclic esters (lactones) is 1. The zero-order valence-corrected chi connectivity index (χ0v) is 32.9. The molecule has 4 heterocycles. The summed E-state index contributed by atoms with van der Waals surface area (Å²) in [7, 11) is 0. The van der Waals surface area contributed by atoms with E-state index in [1.807, 2.05) is 6.92 Å². The van der Waals surface area contributed by atoms with Crippen molar-refractivity contribution in [2.75, 3.05) is 6.61 Å². The van der Waals surface area contributed by atoms with Crippen LogP contribution in [0.15, 0.2) is 11.6 Å². The van der Waals surface area contributed by atoms with Gasteiger partial charge in [-0.15, -0.1) is 0 Å². The van der Waals surface area contributed by atoms with E-state index in [4.69, 9.17) is 33.2 Å². The number of ether oxygens (including phenoxy) is 7. The van der Waals surface area contributed by atoms with Crippen LogP contribution in [0.3, 0.4) is 0 Å². The van der Waals surface area contributed by atoms with E-state index in [1.54, 1.807) is 13.8 Å². The van der Waals surface area contributed by atoms with E-state index in [9.17, 15) is 35.4 Å². The molecule has 3 saturated heterocycles. The molecule has 4 saturated carbocycles. The summed E-state index contributed by atoms with van der Waals surface area (Å²) in [5.41, 5.74) is -0.686. The maximum Gasteiger partial charge on any atom is 0.331 e. The Morgan fingerprint density at radius 1 is 0.691 bits per heavy atom. The van der Waals surface area contributed by atoms with Crippen molar-refractivity contribution >= 4 is 5.97 Å². The predicted molar refractivity (Wildman–Crippen MR) is 193 cm³/mol. The van der Waals surface area contributed by atoms with E-state index < -0.39 is 90.9 Å². The van der Waals surface area contributed by atoms with E-state index in [2.05, 4.69) is 13.8 Å². The molecular weight excluding hydrogens is 716 g/mol. The van der Waals surface area contributed by atoms with Crippen LogP contribution in [-0.2, 0) is 38.0 Å². The Hall–Kier alpha value is -1.27. The van der Waals surface area contributed by atoms with E-state index in [-0.39, 0.29) is 55.2 Å². The van der Waals surface area contributed by atoms with Crippen LogP contribution in [0.5, 0.6) is 0 Å². The van der Waals surface area contributed by atoms with Gasteiger partial charge in [0, 0.05) is 43.1 Å². The van der Waals surface area contributed by atoms with Gasteiger partial charge < -0.3 is 63.8 Å². The van der Waals surface area contributed by atoms with Gasteiger partial charge >= 0.3 is 5.97 Å². The number of hydrogen-bond acceptors (Lipinski definition) is 14. The number of carbonyl (C=O) groups excluding carboxylic acids is 1. The number of fused-ring (bicyclic) bond motifs is 5. The summed E-state index contributed by atoms with van der Waals surface area (Å²) in [5.74, 6) is 0.174. The van der Waals surface area contributed by atoms with Gasteiger partial charge in [0.25, 0.3) is 0 Å². The molecule has 4 aliphatic heterocycles. The van der Waals surface area contributed by atoms with Crippen molar-refractivity contribution in [3.05, 3.63) is 11.6 Å². The lowest BCUT2D eigenvalue weighted by atomic mass is 9.43. The molecule has 8 rings (SSSR count). The van der Waals surface area contributed by atoms with Crippen LogP contribution < -0.4 is 0 Å². The lowest BCUT2D eigenvalue weighted by Gasteiger charge is -2.63. The Bertz CT molecular complexity index is 1410. The maximum absolute atomic E-state index is 12.6. The third-order valence-electron chi connectivity index (χ3n) is 15.8. The van der Waals surface area contributed by atoms with E-state index in [0.29, 0.717) is 18.3 Å². The summed E-state index contributed by atoms with van der Waals surface area (Å²) in [5, 5.41) is 66.3. The van der Waals surface area contributed by atoms with Crippen molar-refractivity contribution in [1.82, 2.24) is 0 Å². The lowest BCUT2D eigenvalue weighted by molar-refractivity contribution is -0.336. The molecule has 14 heteroatoms. The molecule has 0 aromatic heterocycles. The highest BCUT2D eigenvalue weighted by Gasteiger charge is 2.70. The number of hydrogen-bond donors (Lipinski definition) is 6. The average Bonchev–Trinajstić information content (AvgIpc) is 3.62. The highest BCUT2D eigenvalue weighted by atomic mass is 16.7. The standard InChI is InChI=1S/C41H64O14/c1-19-36(47)27(42)14-33(50-19)54-38-21(3)52-34(16-29(38)44)55-37-20(2)51-32(15-28(37)43)53-24-8-10-39(4)23(13-24)6-7-26-25(39)9-11-40(5)35(22-12-31(46)49-18-22)30(45)17-41(26,40)48/h12,19-21,23-30,32-38,42-45,47-48H,6-11,13-18H2,1-5H3/t19-,20-,21-,23?,24+,25?,26?,27+,28+,29+,30+,32+,33+,34?,35+,36-,37-,38-,39+,40-,41+/m1/s1. The van der Waals surface area contributed by atoms with E-state index >= 15 is 0 Å². The maximum atomic E-state index is 12.6. The monoisotopic (exact) mass is 780 g/mol. The summed E-state index contributed by atoms with van der Waals surface area (Å²) in [6, 6.07) is 0. The van der Waals surface area contributed by atoms with Gasteiger partial charge in [-0.3, -0.25) is 0 Å². The molecule has 0 aromatic carbocycles. The van der Waals surface area contributed by atoms with Crippen molar-refractivity contribution in [3.8, 4) is 0 Å². The molecule has 6 N–H and O–H groups in total. The van der Waals surface area contributed by atoms with Crippen molar-refractivity contribution in [3.63, 3.8) is 0 Å². The molecule has 0 radical (unpaired) electrons. The summed E-state index contributed by atoms with van der Waals surface area (Å²) < 4.78 is 42.1. The summed E-state index contributed by atoms with van der Waals surface area (Å²) in [4.78, 5) is 12.0. The Labute approximate surface area is 323 Å². The molecule has 4 unspecified atom stereocenters.